The summed E-state index contributed by atoms with van der Waals surface area (Å²) < 4.78 is 10.8. The first-order valence-electron chi connectivity index (χ1n) is 12.2. The molecule has 8 heteroatoms. The standard InChI is InChI=1S/C28H30N4O4/c1-31-10-8-19(9-11-31)18-36-24-15-29-27(30-16-24)22-5-3-4-20(12-22)17-32-25-13-23(28(34)35-2)7-6-21(25)14-26(32)33/h3-7,12-13,15-16,19H,8-11,14,17-18H2,1-2H3. The zero-order chi connectivity index (χ0) is 25.1. The van der Waals surface area contributed by atoms with Crippen LogP contribution < -0.4 is 9.64 Å². The van der Waals surface area contributed by atoms with Crippen LogP contribution in [0.5, 0.6) is 5.75 Å². The van der Waals surface area contributed by atoms with Gasteiger partial charge in [-0.1, -0.05) is 24.3 Å². The van der Waals surface area contributed by atoms with Gasteiger partial charge in [-0.3, -0.25) is 4.79 Å². The molecule has 0 atom stereocenters. The monoisotopic (exact) mass is 486 g/mol. The molecule has 2 aromatic carbocycles. The topological polar surface area (TPSA) is 84.9 Å². The van der Waals surface area contributed by atoms with E-state index in [1.54, 1.807) is 29.4 Å². The molecule has 5 rings (SSSR count). The average molecular weight is 487 g/mol. The van der Waals surface area contributed by atoms with E-state index in [0.29, 0.717) is 42.6 Å². The minimum atomic E-state index is -0.421. The molecule has 2 aliphatic heterocycles. The third-order valence-electron chi connectivity index (χ3n) is 6.92. The van der Waals surface area contributed by atoms with Crippen molar-refractivity contribution >= 4 is 17.6 Å². The van der Waals surface area contributed by atoms with Gasteiger partial charge in [-0.25, -0.2) is 14.8 Å². The van der Waals surface area contributed by atoms with Crippen LogP contribution >= 0.6 is 0 Å². The molecule has 36 heavy (non-hydrogen) atoms. The fourth-order valence-corrected chi connectivity index (χ4v) is 4.75. The van der Waals surface area contributed by atoms with Crippen LogP contribution in [-0.2, 0) is 22.5 Å². The lowest BCUT2D eigenvalue weighted by Gasteiger charge is -2.28. The minimum Gasteiger partial charge on any atom is -0.490 e. The Morgan fingerprint density at radius 3 is 2.61 bits per heavy atom. The molecule has 1 aromatic heterocycles. The minimum absolute atomic E-state index is 0.000202. The van der Waals surface area contributed by atoms with E-state index in [2.05, 4.69) is 21.9 Å². The van der Waals surface area contributed by atoms with Gasteiger partial charge >= 0.3 is 5.97 Å². The Balaban J connectivity index is 1.26. The Labute approximate surface area is 210 Å². The van der Waals surface area contributed by atoms with Crippen molar-refractivity contribution in [3.63, 3.8) is 0 Å². The van der Waals surface area contributed by atoms with Crippen molar-refractivity contribution in [1.82, 2.24) is 14.9 Å². The quantitative estimate of drug-likeness (QED) is 0.471. The van der Waals surface area contributed by atoms with Crippen molar-refractivity contribution in [3.8, 4) is 17.1 Å². The number of anilines is 1. The second-order valence-corrected chi connectivity index (χ2v) is 9.49. The number of aromatic nitrogens is 2. The second-order valence-electron chi connectivity index (χ2n) is 9.49. The Morgan fingerprint density at radius 2 is 1.86 bits per heavy atom. The van der Waals surface area contributed by atoms with Crippen LogP contribution in [0.25, 0.3) is 11.4 Å². The Hall–Kier alpha value is -3.78. The number of hydrogen-bond acceptors (Lipinski definition) is 7. The summed E-state index contributed by atoms with van der Waals surface area (Å²) in [5.41, 5.74) is 3.89. The maximum atomic E-state index is 12.7. The fourth-order valence-electron chi connectivity index (χ4n) is 4.75. The number of carbonyl (C=O) groups excluding carboxylic acids is 2. The molecule has 0 bridgehead atoms. The summed E-state index contributed by atoms with van der Waals surface area (Å²) in [5, 5.41) is 0. The van der Waals surface area contributed by atoms with Crippen LogP contribution in [0.1, 0.15) is 34.3 Å². The lowest BCUT2D eigenvalue weighted by Crippen LogP contribution is -2.32. The summed E-state index contributed by atoms with van der Waals surface area (Å²) in [6, 6.07) is 13.1. The number of esters is 1. The number of carbonyl (C=O) groups is 2. The molecular formula is C28H30N4O4. The molecule has 0 aliphatic carbocycles. The lowest BCUT2D eigenvalue weighted by atomic mass is 9.98. The SMILES string of the molecule is COC(=O)c1ccc2c(c1)N(Cc1cccc(-c3ncc(OCC4CCN(C)CC4)cn3)c1)C(=O)C2. The molecule has 0 radical (unpaired) electrons. The Morgan fingerprint density at radius 1 is 1.08 bits per heavy atom. The van der Waals surface area contributed by atoms with Crippen LogP contribution in [0, 0.1) is 5.92 Å². The molecule has 8 nitrogen and oxygen atoms in total. The van der Waals surface area contributed by atoms with E-state index in [0.717, 1.165) is 48.3 Å². The zero-order valence-electron chi connectivity index (χ0n) is 20.6. The second kappa shape index (κ2) is 10.5. The molecule has 1 saturated heterocycles. The number of nitrogens with zero attached hydrogens (tertiary/aromatic N) is 4. The van der Waals surface area contributed by atoms with Gasteiger partial charge in [-0.15, -0.1) is 0 Å². The molecule has 3 heterocycles. The highest BCUT2D eigenvalue weighted by atomic mass is 16.5. The van der Waals surface area contributed by atoms with Crippen LogP contribution in [0.4, 0.5) is 5.69 Å². The lowest BCUT2D eigenvalue weighted by molar-refractivity contribution is -0.117. The van der Waals surface area contributed by atoms with Gasteiger partial charge in [-0.2, -0.15) is 0 Å². The number of likely N-dealkylation sites (tertiary alicyclic amines) is 1. The Bertz CT molecular complexity index is 1250. The summed E-state index contributed by atoms with van der Waals surface area (Å²) in [4.78, 5) is 37.8. The molecule has 1 fully saturated rings. The third-order valence-corrected chi connectivity index (χ3v) is 6.92. The first-order valence-corrected chi connectivity index (χ1v) is 12.2. The predicted molar refractivity (Wildman–Crippen MR) is 136 cm³/mol. The van der Waals surface area contributed by atoms with Crippen molar-refractivity contribution < 1.29 is 19.1 Å². The van der Waals surface area contributed by atoms with Gasteiger partial charge in [0, 0.05) is 11.3 Å². The van der Waals surface area contributed by atoms with Crippen molar-refractivity contribution in [3.05, 3.63) is 71.5 Å². The first-order chi connectivity index (χ1) is 17.5. The number of hydrogen-bond donors (Lipinski definition) is 0. The van der Waals surface area contributed by atoms with E-state index in [1.807, 2.05) is 30.3 Å². The highest BCUT2D eigenvalue weighted by Crippen LogP contribution is 2.32. The molecular weight excluding hydrogens is 456 g/mol. The number of benzene rings is 2. The van der Waals surface area contributed by atoms with E-state index in [9.17, 15) is 9.59 Å². The van der Waals surface area contributed by atoms with E-state index in [1.165, 1.54) is 7.11 Å². The van der Waals surface area contributed by atoms with Crippen molar-refractivity contribution in [2.45, 2.75) is 25.8 Å². The normalized spacial score (nSPS) is 16.2. The maximum Gasteiger partial charge on any atom is 0.337 e. The molecule has 2 aliphatic rings. The van der Waals surface area contributed by atoms with E-state index >= 15 is 0 Å². The van der Waals surface area contributed by atoms with Crippen LogP contribution in [0.2, 0.25) is 0 Å². The number of ether oxygens (including phenoxy) is 2. The van der Waals surface area contributed by atoms with Crippen LogP contribution in [0.15, 0.2) is 54.9 Å². The molecule has 0 spiro atoms. The first kappa shape index (κ1) is 23.9. The molecule has 0 unspecified atom stereocenters. The zero-order valence-corrected chi connectivity index (χ0v) is 20.6. The summed E-state index contributed by atoms with van der Waals surface area (Å²) in [6.07, 6.45) is 6.06. The summed E-state index contributed by atoms with van der Waals surface area (Å²) in [7, 11) is 3.50. The summed E-state index contributed by atoms with van der Waals surface area (Å²) in [5.74, 6) is 1.42. The highest BCUT2D eigenvalue weighted by Gasteiger charge is 2.28. The summed E-state index contributed by atoms with van der Waals surface area (Å²) in [6.45, 7) is 3.30. The number of rotatable bonds is 7. The van der Waals surface area contributed by atoms with Gasteiger partial charge in [0.2, 0.25) is 5.91 Å². The van der Waals surface area contributed by atoms with Crippen molar-refractivity contribution in [2.75, 3.05) is 38.8 Å². The molecule has 3 aromatic rings. The molecule has 186 valence electrons. The van der Waals surface area contributed by atoms with Gasteiger partial charge in [0.15, 0.2) is 11.6 Å². The maximum absolute atomic E-state index is 12.7. The molecule has 0 N–H and O–H groups in total. The Kier molecular flexibility index (Phi) is 6.95. The van der Waals surface area contributed by atoms with Crippen LogP contribution in [0.3, 0.4) is 0 Å². The average Bonchev–Trinajstić information content (AvgIpc) is 3.22. The van der Waals surface area contributed by atoms with Gasteiger partial charge < -0.3 is 19.3 Å². The van der Waals surface area contributed by atoms with Crippen molar-refractivity contribution in [2.24, 2.45) is 5.92 Å². The number of piperidine rings is 1. The van der Waals surface area contributed by atoms with Gasteiger partial charge in [-0.05, 0) is 68.2 Å². The predicted octanol–water partition coefficient (Wildman–Crippen LogP) is 3.74. The number of fused-ring (bicyclic) bond motifs is 1. The van der Waals surface area contributed by atoms with Gasteiger partial charge in [0.1, 0.15) is 0 Å². The van der Waals surface area contributed by atoms with Gasteiger partial charge in [0.05, 0.1) is 44.6 Å². The van der Waals surface area contributed by atoms with E-state index in [4.69, 9.17) is 9.47 Å². The highest BCUT2D eigenvalue weighted by molar-refractivity contribution is 6.03. The fraction of sp³-hybridized carbons (Fsp3) is 0.357. The molecule has 0 saturated carbocycles. The molecule has 1 amide bonds. The summed E-state index contributed by atoms with van der Waals surface area (Å²) >= 11 is 0. The van der Waals surface area contributed by atoms with Crippen LogP contribution in [-0.4, -0.2) is 60.6 Å². The van der Waals surface area contributed by atoms with E-state index in [-0.39, 0.29) is 5.91 Å². The number of methoxy groups -OCH3 is 1. The third kappa shape index (κ3) is 5.23. The van der Waals surface area contributed by atoms with Crippen molar-refractivity contribution in [1.29, 1.82) is 0 Å². The van der Waals surface area contributed by atoms with Gasteiger partial charge in [0.25, 0.3) is 0 Å². The smallest absolute Gasteiger partial charge is 0.337 e. The van der Waals surface area contributed by atoms with E-state index < -0.39 is 5.97 Å². The number of amides is 1. The largest absolute Gasteiger partial charge is 0.490 e.